The third-order valence-electron chi connectivity index (χ3n) is 8.61. The zero-order valence-electron chi connectivity index (χ0n) is 27.9. The second kappa shape index (κ2) is 27.1. The van der Waals surface area contributed by atoms with Gasteiger partial charge in [-0.3, -0.25) is 4.79 Å². The number of carbonyl (C=O) groups excluding carboxylic acids is 1. The third kappa shape index (κ3) is 18.8. The molecule has 44 heavy (non-hydrogen) atoms. The SMILES string of the molecule is CCCCCCCCCCCCCC/C=C/[C@@H](O)[C@H](CO[C@@H]1O[C@H](CO)[C@@H](O)C(O)C1O)NC(=O)CCCCCCCCC. The minimum absolute atomic E-state index is 0.185. The summed E-state index contributed by atoms with van der Waals surface area (Å²) < 4.78 is 11.1. The molecule has 0 aromatic heterocycles. The first-order valence-corrected chi connectivity index (χ1v) is 17.9. The largest absolute Gasteiger partial charge is 0.394 e. The molecule has 1 rings (SSSR count). The van der Waals surface area contributed by atoms with Crippen LogP contribution in [-0.2, 0) is 14.3 Å². The second-order valence-electron chi connectivity index (χ2n) is 12.7. The van der Waals surface area contributed by atoms with Crippen LogP contribution in [0.1, 0.15) is 149 Å². The lowest BCUT2D eigenvalue weighted by atomic mass is 9.99. The van der Waals surface area contributed by atoms with Gasteiger partial charge in [-0.25, -0.2) is 0 Å². The highest BCUT2D eigenvalue weighted by Crippen LogP contribution is 2.22. The van der Waals surface area contributed by atoms with Crippen LogP contribution in [0.4, 0.5) is 0 Å². The van der Waals surface area contributed by atoms with Gasteiger partial charge in [-0.1, -0.05) is 135 Å². The number of rotatable bonds is 28. The fourth-order valence-electron chi connectivity index (χ4n) is 5.62. The van der Waals surface area contributed by atoms with E-state index >= 15 is 0 Å². The highest BCUT2D eigenvalue weighted by Gasteiger charge is 2.44. The number of nitrogens with one attached hydrogen (secondary N) is 1. The predicted molar refractivity (Wildman–Crippen MR) is 175 cm³/mol. The van der Waals surface area contributed by atoms with Crippen LogP contribution in [-0.4, -0.2) is 87.5 Å². The van der Waals surface area contributed by atoms with Crippen LogP contribution >= 0.6 is 0 Å². The molecule has 1 amide bonds. The number of unbranched alkanes of at least 4 members (excludes halogenated alkanes) is 18. The first-order chi connectivity index (χ1) is 21.3. The molecular weight excluding hydrogens is 562 g/mol. The molecule has 0 spiro atoms. The molecule has 0 saturated carbocycles. The number of hydrogen-bond acceptors (Lipinski definition) is 8. The molecule has 1 saturated heterocycles. The van der Waals surface area contributed by atoms with E-state index in [4.69, 9.17) is 9.47 Å². The van der Waals surface area contributed by atoms with E-state index in [0.717, 1.165) is 38.5 Å². The first-order valence-electron chi connectivity index (χ1n) is 17.9. The summed E-state index contributed by atoms with van der Waals surface area (Å²) in [5.74, 6) is -0.186. The molecule has 0 aliphatic carbocycles. The minimum atomic E-state index is -1.56. The lowest BCUT2D eigenvalue weighted by Gasteiger charge is -2.40. The Morgan fingerprint density at radius 3 is 1.77 bits per heavy atom. The maximum Gasteiger partial charge on any atom is 0.220 e. The highest BCUT2D eigenvalue weighted by atomic mass is 16.7. The Kier molecular flexibility index (Phi) is 25.2. The number of amides is 1. The van der Waals surface area contributed by atoms with Crippen molar-refractivity contribution in [1.29, 1.82) is 0 Å². The summed E-state index contributed by atoms with van der Waals surface area (Å²) in [6.07, 6.45) is 19.8. The van der Waals surface area contributed by atoms with Crippen molar-refractivity contribution in [2.75, 3.05) is 13.2 Å². The minimum Gasteiger partial charge on any atom is -0.394 e. The van der Waals surface area contributed by atoms with E-state index in [1.54, 1.807) is 6.08 Å². The molecule has 6 N–H and O–H groups in total. The predicted octanol–water partition coefficient (Wildman–Crippen LogP) is 5.44. The van der Waals surface area contributed by atoms with E-state index in [0.29, 0.717) is 6.42 Å². The summed E-state index contributed by atoms with van der Waals surface area (Å²) in [5, 5.41) is 53.6. The molecule has 7 atom stereocenters. The molecule has 0 aromatic carbocycles. The average molecular weight is 630 g/mol. The molecule has 9 nitrogen and oxygen atoms in total. The third-order valence-corrected chi connectivity index (χ3v) is 8.61. The van der Waals surface area contributed by atoms with E-state index < -0.39 is 49.5 Å². The van der Waals surface area contributed by atoms with Crippen molar-refractivity contribution in [1.82, 2.24) is 5.32 Å². The van der Waals surface area contributed by atoms with Crippen LogP contribution in [0.5, 0.6) is 0 Å². The topological polar surface area (TPSA) is 149 Å². The van der Waals surface area contributed by atoms with Crippen LogP contribution < -0.4 is 5.32 Å². The smallest absolute Gasteiger partial charge is 0.220 e. The highest BCUT2D eigenvalue weighted by molar-refractivity contribution is 5.76. The van der Waals surface area contributed by atoms with Gasteiger partial charge in [0.2, 0.25) is 5.91 Å². The summed E-state index contributed by atoms with van der Waals surface area (Å²) in [6.45, 7) is 3.69. The molecule has 1 aliphatic rings. The molecule has 9 heteroatoms. The molecule has 1 fully saturated rings. The Bertz CT molecular complexity index is 706. The number of allylic oxidation sites excluding steroid dienone is 1. The van der Waals surface area contributed by atoms with Crippen molar-refractivity contribution in [2.24, 2.45) is 0 Å². The van der Waals surface area contributed by atoms with Crippen LogP contribution in [0.3, 0.4) is 0 Å². The van der Waals surface area contributed by atoms with Crippen LogP contribution in [0, 0.1) is 0 Å². The van der Waals surface area contributed by atoms with Crippen molar-refractivity contribution in [3.05, 3.63) is 12.2 Å². The molecule has 0 radical (unpaired) electrons. The second-order valence-corrected chi connectivity index (χ2v) is 12.7. The summed E-state index contributed by atoms with van der Waals surface area (Å²) in [5.41, 5.74) is 0. The lowest BCUT2D eigenvalue weighted by Crippen LogP contribution is -2.60. The van der Waals surface area contributed by atoms with Crippen LogP contribution in [0.2, 0.25) is 0 Å². The van der Waals surface area contributed by atoms with Gasteiger partial charge in [0.25, 0.3) is 0 Å². The number of aliphatic hydroxyl groups excluding tert-OH is 5. The number of hydrogen-bond donors (Lipinski definition) is 6. The van der Waals surface area contributed by atoms with Gasteiger partial charge in [0.15, 0.2) is 6.29 Å². The van der Waals surface area contributed by atoms with Crippen molar-refractivity contribution in [3.8, 4) is 0 Å². The molecule has 1 heterocycles. The van der Waals surface area contributed by atoms with Crippen molar-refractivity contribution < 1.29 is 39.8 Å². The molecule has 260 valence electrons. The van der Waals surface area contributed by atoms with Gasteiger partial charge < -0.3 is 40.3 Å². The zero-order chi connectivity index (χ0) is 32.4. The molecule has 2 unspecified atom stereocenters. The standard InChI is InChI=1S/C35H67NO8/c1-3-5-7-9-11-12-13-14-15-16-17-19-20-22-24-29(38)28(36-31(39)25-23-21-18-10-8-6-4-2)27-43-35-34(42)33(41)32(40)30(26-37)44-35/h22,24,28-30,32-35,37-38,40-42H,3-21,23,25-27H2,1-2H3,(H,36,39)/b24-22+/t28-,29+,30+,32+,33?,34?,35+/m0/s1. The quantitative estimate of drug-likeness (QED) is 0.0495. The summed E-state index contributed by atoms with van der Waals surface area (Å²) in [7, 11) is 0. The van der Waals surface area contributed by atoms with E-state index in [2.05, 4.69) is 19.2 Å². The average Bonchev–Trinajstić information content (AvgIpc) is 3.02. The van der Waals surface area contributed by atoms with Gasteiger partial charge in [0.05, 0.1) is 25.4 Å². The van der Waals surface area contributed by atoms with E-state index in [1.165, 1.54) is 89.9 Å². The van der Waals surface area contributed by atoms with E-state index in [1.807, 2.05) is 6.08 Å². The Morgan fingerprint density at radius 2 is 1.25 bits per heavy atom. The molecule has 1 aliphatic heterocycles. The van der Waals surface area contributed by atoms with Crippen LogP contribution in [0.25, 0.3) is 0 Å². The Morgan fingerprint density at radius 1 is 0.750 bits per heavy atom. The Labute approximate surface area is 267 Å². The maximum atomic E-state index is 12.7. The molecular formula is C35H67NO8. The molecule has 0 aromatic rings. The van der Waals surface area contributed by atoms with E-state index in [9.17, 15) is 30.3 Å². The van der Waals surface area contributed by atoms with Gasteiger partial charge in [-0.15, -0.1) is 0 Å². The number of aliphatic hydroxyl groups is 5. The van der Waals surface area contributed by atoms with Gasteiger partial charge in [0.1, 0.15) is 24.4 Å². The number of carbonyl (C=O) groups is 1. The lowest BCUT2D eigenvalue weighted by molar-refractivity contribution is -0.302. The van der Waals surface area contributed by atoms with Gasteiger partial charge in [-0.2, -0.15) is 0 Å². The molecule has 0 bridgehead atoms. The first kappa shape index (κ1) is 41.0. The number of ether oxygens (including phenoxy) is 2. The fourth-order valence-corrected chi connectivity index (χ4v) is 5.62. The Hall–Kier alpha value is -1.07. The zero-order valence-corrected chi connectivity index (χ0v) is 27.9. The summed E-state index contributed by atoms with van der Waals surface area (Å²) in [6, 6.07) is -0.794. The van der Waals surface area contributed by atoms with Crippen molar-refractivity contribution >= 4 is 5.91 Å². The summed E-state index contributed by atoms with van der Waals surface area (Å²) in [4.78, 5) is 12.7. The normalized spacial score (nSPS) is 23.7. The Balaban J connectivity index is 2.47. The maximum absolute atomic E-state index is 12.7. The fraction of sp³-hybridized carbons (Fsp3) is 0.914. The van der Waals surface area contributed by atoms with Crippen molar-refractivity contribution in [2.45, 2.75) is 192 Å². The monoisotopic (exact) mass is 629 g/mol. The van der Waals surface area contributed by atoms with Crippen molar-refractivity contribution in [3.63, 3.8) is 0 Å². The van der Waals surface area contributed by atoms with Gasteiger partial charge >= 0.3 is 0 Å². The van der Waals surface area contributed by atoms with Gasteiger partial charge in [-0.05, 0) is 19.3 Å². The van der Waals surface area contributed by atoms with E-state index in [-0.39, 0.29) is 12.5 Å². The van der Waals surface area contributed by atoms with Gasteiger partial charge in [0, 0.05) is 6.42 Å². The summed E-state index contributed by atoms with van der Waals surface area (Å²) >= 11 is 0. The van der Waals surface area contributed by atoms with Crippen LogP contribution in [0.15, 0.2) is 12.2 Å².